The fourth-order valence-electron chi connectivity index (χ4n) is 14.3. The molecule has 0 spiro atoms. The van der Waals surface area contributed by atoms with Crippen molar-refractivity contribution in [2.24, 2.45) is 23.7 Å². The van der Waals surface area contributed by atoms with Crippen molar-refractivity contribution in [3.05, 3.63) is 242 Å². The zero-order valence-electron chi connectivity index (χ0n) is 44.1. The van der Waals surface area contributed by atoms with Crippen LogP contribution in [-0.4, -0.2) is 32.1 Å². The van der Waals surface area contributed by atoms with Crippen LogP contribution in [0.15, 0.2) is 231 Å². The first-order valence-corrected chi connectivity index (χ1v) is 31.2. The van der Waals surface area contributed by atoms with Crippen molar-refractivity contribution in [1.82, 2.24) is 4.57 Å². The summed E-state index contributed by atoms with van der Waals surface area (Å²) >= 11 is 0. The fraction of sp³-hybridized carbons (Fsp3) is 0.296. The van der Waals surface area contributed by atoms with Gasteiger partial charge in [0.1, 0.15) is 0 Å². The summed E-state index contributed by atoms with van der Waals surface area (Å²) in [6, 6.07) is 60.5. The Hall–Kier alpha value is -6.72. The Balaban J connectivity index is 0.864. The van der Waals surface area contributed by atoms with E-state index in [0.717, 1.165) is 32.3 Å². The highest BCUT2D eigenvalue weighted by Gasteiger charge is 2.57. The molecule has 4 heteroatoms. The number of aromatic nitrogens is 1. The number of anilines is 2. The third-order valence-electron chi connectivity index (χ3n) is 18.2. The molecule has 0 aliphatic heterocycles. The average molecular weight is 999 g/mol. The van der Waals surface area contributed by atoms with Crippen LogP contribution in [0.4, 0.5) is 11.4 Å². The van der Waals surface area contributed by atoms with Gasteiger partial charge >= 0.3 is 0 Å². The van der Waals surface area contributed by atoms with Gasteiger partial charge in [0.25, 0.3) is 0 Å². The first-order valence-electron chi connectivity index (χ1n) is 28.5. The van der Waals surface area contributed by atoms with Gasteiger partial charge in [-0.15, -0.1) is 6.58 Å². The van der Waals surface area contributed by atoms with Crippen molar-refractivity contribution in [3.63, 3.8) is 0 Å². The lowest BCUT2D eigenvalue weighted by molar-refractivity contribution is 0.0972. The minimum Gasteiger partial charge on any atom is -0.374 e. The predicted octanol–water partition coefficient (Wildman–Crippen LogP) is 18.3. The number of nitrogens with zero attached hydrogens (tertiary/aromatic N) is 2. The van der Waals surface area contributed by atoms with E-state index < -0.39 is 8.80 Å². The van der Waals surface area contributed by atoms with Crippen LogP contribution >= 0.6 is 0 Å². The van der Waals surface area contributed by atoms with Crippen molar-refractivity contribution in [3.8, 4) is 16.8 Å². The van der Waals surface area contributed by atoms with E-state index in [4.69, 9.17) is 4.74 Å². The van der Waals surface area contributed by atoms with Gasteiger partial charge in [0.05, 0.1) is 23.2 Å². The van der Waals surface area contributed by atoms with Crippen molar-refractivity contribution in [2.45, 2.75) is 100 Å². The average Bonchev–Trinajstić information content (AvgIpc) is 3.97. The van der Waals surface area contributed by atoms with Gasteiger partial charge in [-0.05, 0) is 182 Å². The molecule has 5 aliphatic rings. The van der Waals surface area contributed by atoms with E-state index >= 15 is 0 Å². The van der Waals surface area contributed by atoms with Gasteiger partial charge < -0.3 is 14.2 Å². The van der Waals surface area contributed by atoms with Crippen molar-refractivity contribution < 1.29 is 4.74 Å². The van der Waals surface area contributed by atoms with E-state index in [1.165, 1.54) is 123 Å². The Morgan fingerprint density at radius 2 is 1.41 bits per heavy atom. The Kier molecular flexibility index (Phi) is 14.3. The second-order valence-corrected chi connectivity index (χ2v) is 25.9. The van der Waals surface area contributed by atoms with Crippen molar-refractivity contribution >= 4 is 47.6 Å². The molecule has 1 aromatic heterocycles. The van der Waals surface area contributed by atoms with Crippen molar-refractivity contribution in [2.75, 3.05) is 11.5 Å². The summed E-state index contributed by atoms with van der Waals surface area (Å²) in [5.74, 6) is 2.41. The van der Waals surface area contributed by atoms with E-state index in [-0.39, 0.29) is 17.6 Å². The van der Waals surface area contributed by atoms with Crippen LogP contribution in [0.1, 0.15) is 75.3 Å². The summed E-state index contributed by atoms with van der Waals surface area (Å²) in [5.41, 5.74) is 15.9. The maximum absolute atomic E-state index is 6.40. The quantitative estimate of drug-likeness (QED) is 0.0668. The van der Waals surface area contributed by atoms with Crippen LogP contribution in [0.25, 0.3) is 44.2 Å². The molecule has 1 heterocycles. The smallest absolute Gasteiger partial charge is 0.0793 e. The molecule has 12 rings (SSSR count). The summed E-state index contributed by atoms with van der Waals surface area (Å²) < 4.78 is 8.85. The molecule has 0 bridgehead atoms. The Bertz CT molecular complexity index is 3320. The van der Waals surface area contributed by atoms with Crippen LogP contribution in [-0.2, 0) is 10.2 Å². The highest BCUT2D eigenvalue weighted by molar-refractivity contribution is 6.57. The minimum atomic E-state index is -0.971. The molecule has 7 aromatic rings. The summed E-state index contributed by atoms with van der Waals surface area (Å²) in [6.45, 7) is 11.5. The van der Waals surface area contributed by atoms with Gasteiger partial charge in [-0.3, -0.25) is 0 Å². The molecular weight excluding hydrogens is 925 g/mol. The van der Waals surface area contributed by atoms with E-state index in [1.54, 1.807) is 5.57 Å². The minimum absolute atomic E-state index is 0.00390. The van der Waals surface area contributed by atoms with Gasteiger partial charge in [-0.25, -0.2) is 0 Å². The monoisotopic (exact) mass is 999 g/mol. The largest absolute Gasteiger partial charge is 0.374 e. The number of hydrogen-bond acceptors (Lipinski definition) is 2. The van der Waals surface area contributed by atoms with Crippen LogP contribution in [0.2, 0.25) is 18.6 Å². The molecule has 1 saturated carbocycles. The van der Waals surface area contributed by atoms with Gasteiger partial charge in [0.2, 0.25) is 0 Å². The number of ether oxygens (including phenoxy) is 1. The molecule has 0 radical (unpaired) electrons. The Morgan fingerprint density at radius 1 is 0.707 bits per heavy atom. The van der Waals surface area contributed by atoms with Gasteiger partial charge in [-0.1, -0.05) is 177 Å². The number of hydrogen-bond donors (Lipinski definition) is 0. The molecule has 6 aromatic carbocycles. The second kappa shape index (κ2) is 21.9. The second-order valence-electron chi connectivity index (χ2n) is 22.5. The number of allylic oxidation sites excluding steroid dienone is 9. The Morgan fingerprint density at radius 3 is 2.12 bits per heavy atom. The molecule has 378 valence electrons. The molecule has 75 heavy (non-hydrogen) atoms. The maximum Gasteiger partial charge on any atom is 0.0793 e. The molecule has 3 nitrogen and oxygen atoms in total. The summed E-state index contributed by atoms with van der Waals surface area (Å²) in [4.78, 5) is 2.67. The third-order valence-corrected chi connectivity index (χ3v) is 20.8. The lowest BCUT2D eigenvalue weighted by Crippen LogP contribution is -2.38. The SMILES string of the molecule is C=CC1=CCC(OCC[SiH](C)CCCC2(c3ccccc3)C3=CC(N(c4ccccc4)c4ccc(-c5ccc6c(c5)c5cc(C7=CCC(C=C)CC7)ccc5n6-c5ccccc5)cc4)CCC3C3CCC=CC32)C=C1. The number of para-hydroxylation sites is 2. The van der Waals surface area contributed by atoms with Gasteiger partial charge in [0.15, 0.2) is 0 Å². The normalized spacial score (nSPS) is 24.5. The van der Waals surface area contributed by atoms with Crippen LogP contribution in [0.5, 0.6) is 0 Å². The molecule has 0 amide bonds. The molecule has 5 aliphatic carbocycles. The standard InChI is InChI=1S/C71H74N2OSi/c1-4-51-26-30-53(31-27-51)55-34-42-69-65(48-55)66-49-56(35-43-70(66)73(69)59-22-13-8-14-23-59)54-32-36-60(37-33-54)72(58-20-11-7-12-21-58)61-38-41-64-63-24-15-16-25-67(63)71(68(64)50-61,57-18-9-6-10-19-57)44-17-46-75(3)47-45-74-62-39-28-52(5-2)29-40-62/h4-14,16,18-23,25,28-30,32-37,39,42-43,48-51,61-64,67,75H,1-2,15,17,24,26-27,31,38,40-41,44-47H2,3H3. The first kappa shape index (κ1) is 49.2. The fourth-order valence-corrected chi connectivity index (χ4v) is 16.1. The predicted molar refractivity (Wildman–Crippen MR) is 322 cm³/mol. The maximum atomic E-state index is 6.40. The first-order chi connectivity index (χ1) is 37.0. The highest BCUT2D eigenvalue weighted by atomic mass is 28.3. The summed E-state index contributed by atoms with van der Waals surface area (Å²) in [5, 5.41) is 2.60. The van der Waals surface area contributed by atoms with Crippen LogP contribution in [0, 0.1) is 23.7 Å². The van der Waals surface area contributed by atoms with E-state index in [1.807, 2.05) is 6.08 Å². The summed E-state index contributed by atoms with van der Waals surface area (Å²) in [6.07, 6.45) is 33.0. The number of rotatable bonds is 17. The Labute approximate surface area is 448 Å². The number of fused-ring (bicyclic) bond motifs is 6. The molecular formula is C71H74N2OSi. The summed E-state index contributed by atoms with van der Waals surface area (Å²) in [7, 11) is -0.971. The lowest BCUT2D eigenvalue weighted by Gasteiger charge is -2.42. The molecule has 0 N–H and O–H groups in total. The molecule has 8 unspecified atom stereocenters. The lowest BCUT2D eigenvalue weighted by atomic mass is 9.64. The zero-order valence-corrected chi connectivity index (χ0v) is 45.2. The number of benzene rings is 6. The van der Waals surface area contributed by atoms with Crippen molar-refractivity contribution in [1.29, 1.82) is 0 Å². The molecule has 1 fully saturated rings. The topological polar surface area (TPSA) is 17.4 Å². The van der Waals surface area contributed by atoms with Gasteiger partial charge in [0, 0.05) is 48.7 Å². The van der Waals surface area contributed by atoms with E-state index in [2.05, 4.69) is 229 Å². The van der Waals surface area contributed by atoms with Crippen LogP contribution in [0.3, 0.4) is 0 Å². The van der Waals surface area contributed by atoms with Gasteiger partial charge in [-0.2, -0.15) is 0 Å². The molecule has 8 atom stereocenters. The van der Waals surface area contributed by atoms with Crippen LogP contribution < -0.4 is 4.90 Å². The third kappa shape index (κ3) is 9.66. The zero-order chi connectivity index (χ0) is 50.7. The highest BCUT2D eigenvalue weighted by Crippen LogP contribution is 2.63. The van der Waals surface area contributed by atoms with E-state index in [9.17, 15) is 0 Å². The molecule has 0 saturated heterocycles. The van der Waals surface area contributed by atoms with E-state index in [0.29, 0.717) is 23.7 Å².